The number of imidazole rings is 1. The lowest BCUT2D eigenvalue weighted by atomic mass is 10.2. The van der Waals surface area contributed by atoms with E-state index in [1.807, 2.05) is 6.08 Å². The number of hydrogen-bond donors (Lipinski definition) is 1. The maximum absolute atomic E-state index is 4.76. The van der Waals surface area contributed by atoms with Crippen LogP contribution in [0.3, 0.4) is 0 Å². The van der Waals surface area contributed by atoms with E-state index in [0.717, 1.165) is 30.9 Å². The standard InChI is InChI=1S/C16H23N3/c1-5-10-19-15-7-6-13(4)11-14(15)18-16(19)8-9-17-12(2)3/h5-7,11-12,17H,1,8-10H2,2-4H3. The van der Waals surface area contributed by atoms with Crippen LogP contribution >= 0.6 is 0 Å². The Kier molecular flexibility index (Phi) is 4.38. The van der Waals surface area contributed by atoms with Crippen LogP contribution in [-0.4, -0.2) is 22.1 Å². The van der Waals surface area contributed by atoms with E-state index in [4.69, 9.17) is 4.98 Å². The monoisotopic (exact) mass is 257 g/mol. The van der Waals surface area contributed by atoms with Crippen LogP contribution in [0.5, 0.6) is 0 Å². The molecule has 0 saturated heterocycles. The smallest absolute Gasteiger partial charge is 0.111 e. The van der Waals surface area contributed by atoms with Gasteiger partial charge in [0.05, 0.1) is 11.0 Å². The Morgan fingerprint density at radius 1 is 1.42 bits per heavy atom. The molecule has 0 unspecified atom stereocenters. The van der Waals surface area contributed by atoms with E-state index >= 15 is 0 Å². The van der Waals surface area contributed by atoms with E-state index in [0.29, 0.717) is 6.04 Å². The lowest BCUT2D eigenvalue weighted by molar-refractivity contribution is 0.576. The van der Waals surface area contributed by atoms with Gasteiger partial charge in [-0.3, -0.25) is 0 Å². The zero-order valence-corrected chi connectivity index (χ0v) is 12.1. The fourth-order valence-electron chi connectivity index (χ4n) is 2.29. The summed E-state index contributed by atoms with van der Waals surface area (Å²) in [6.07, 6.45) is 2.88. The highest BCUT2D eigenvalue weighted by molar-refractivity contribution is 5.77. The largest absolute Gasteiger partial charge is 0.324 e. The van der Waals surface area contributed by atoms with Gasteiger partial charge < -0.3 is 9.88 Å². The van der Waals surface area contributed by atoms with Gasteiger partial charge >= 0.3 is 0 Å². The first-order valence-corrected chi connectivity index (χ1v) is 6.92. The normalized spacial score (nSPS) is 11.4. The second kappa shape index (κ2) is 6.02. The summed E-state index contributed by atoms with van der Waals surface area (Å²) in [5.74, 6) is 1.13. The molecule has 102 valence electrons. The molecule has 0 radical (unpaired) electrons. The summed E-state index contributed by atoms with van der Waals surface area (Å²) in [4.78, 5) is 4.76. The molecule has 0 aliphatic carbocycles. The van der Waals surface area contributed by atoms with Crippen LogP contribution in [0.25, 0.3) is 11.0 Å². The molecule has 0 amide bonds. The predicted molar refractivity (Wildman–Crippen MR) is 81.5 cm³/mol. The third-order valence-corrected chi connectivity index (χ3v) is 3.20. The first-order valence-electron chi connectivity index (χ1n) is 6.92. The number of hydrogen-bond acceptors (Lipinski definition) is 2. The highest BCUT2D eigenvalue weighted by Gasteiger charge is 2.09. The van der Waals surface area contributed by atoms with Crippen LogP contribution in [-0.2, 0) is 13.0 Å². The number of rotatable bonds is 6. The maximum atomic E-state index is 4.76. The third-order valence-electron chi connectivity index (χ3n) is 3.20. The third kappa shape index (κ3) is 3.24. The van der Waals surface area contributed by atoms with Crippen molar-refractivity contribution in [2.75, 3.05) is 6.54 Å². The Balaban J connectivity index is 2.30. The Morgan fingerprint density at radius 2 is 2.21 bits per heavy atom. The minimum absolute atomic E-state index is 0.513. The molecular formula is C16H23N3. The number of nitrogens with one attached hydrogen (secondary N) is 1. The quantitative estimate of drug-likeness (QED) is 0.806. The topological polar surface area (TPSA) is 29.9 Å². The fourth-order valence-corrected chi connectivity index (χ4v) is 2.29. The molecule has 0 atom stereocenters. The van der Waals surface area contributed by atoms with Crippen LogP contribution in [0, 0.1) is 6.92 Å². The fraction of sp³-hybridized carbons (Fsp3) is 0.438. The Bertz CT molecular complexity index is 567. The van der Waals surface area contributed by atoms with Gasteiger partial charge in [0, 0.05) is 25.6 Å². The van der Waals surface area contributed by atoms with Gasteiger partial charge in [0.15, 0.2) is 0 Å². The molecule has 0 fully saturated rings. The van der Waals surface area contributed by atoms with Crippen molar-refractivity contribution in [2.45, 2.75) is 39.8 Å². The van der Waals surface area contributed by atoms with Gasteiger partial charge in [0.25, 0.3) is 0 Å². The first kappa shape index (κ1) is 13.8. The van der Waals surface area contributed by atoms with Crippen molar-refractivity contribution >= 4 is 11.0 Å². The number of nitrogens with zero attached hydrogens (tertiary/aromatic N) is 2. The molecule has 2 aromatic rings. The van der Waals surface area contributed by atoms with Crippen molar-refractivity contribution in [3.8, 4) is 0 Å². The second-order valence-corrected chi connectivity index (χ2v) is 5.28. The summed E-state index contributed by atoms with van der Waals surface area (Å²) in [6.45, 7) is 12.0. The van der Waals surface area contributed by atoms with Crippen molar-refractivity contribution < 1.29 is 0 Å². The van der Waals surface area contributed by atoms with Gasteiger partial charge in [-0.25, -0.2) is 4.98 Å². The van der Waals surface area contributed by atoms with Gasteiger partial charge in [-0.05, 0) is 24.6 Å². The molecule has 1 aromatic heterocycles. The number of fused-ring (bicyclic) bond motifs is 1. The molecule has 1 aromatic carbocycles. The minimum Gasteiger partial charge on any atom is -0.324 e. The number of aromatic nitrogens is 2. The number of aryl methyl sites for hydroxylation is 1. The van der Waals surface area contributed by atoms with Gasteiger partial charge in [0.2, 0.25) is 0 Å². The van der Waals surface area contributed by atoms with Crippen molar-refractivity contribution in [1.82, 2.24) is 14.9 Å². The zero-order valence-electron chi connectivity index (χ0n) is 12.1. The van der Waals surface area contributed by atoms with Crippen molar-refractivity contribution in [3.05, 3.63) is 42.2 Å². The van der Waals surface area contributed by atoms with Gasteiger partial charge in [-0.2, -0.15) is 0 Å². The van der Waals surface area contributed by atoms with Gasteiger partial charge in [0.1, 0.15) is 5.82 Å². The van der Waals surface area contributed by atoms with Crippen LogP contribution < -0.4 is 5.32 Å². The molecular weight excluding hydrogens is 234 g/mol. The zero-order chi connectivity index (χ0) is 13.8. The molecule has 2 rings (SSSR count). The second-order valence-electron chi connectivity index (χ2n) is 5.28. The number of benzene rings is 1. The summed E-state index contributed by atoms with van der Waals surface area (Å²) in [6, 6.07) is 6.95. The SMILES string of the molecule is C=CCn1c(CCNC(C)C)nc2cc(C)ccc21. The Morgan fingerprint density at radius 3 is 2.89 bits per heavy atom. The summed E-state index contributed by atoms with van der Waals surface area (Å²) in [5, 5.41) is 3.44. The Hall–Kier alpha value is -1.61. The summed E-state index contributed by atoms with van der Waals surface area (Å²) >= 11 is 0. The van der Waals surface area contributed by atoms with Gasteiger partial charge in [-0.15, -0.1) is 6.58 Å². The van der Waals surface area contributed by atoms with Crippen LogP contribution in [0.2, 0.25) is 0 Å². The molecule has 3 heteroatoms. The van der Waals surface area contributed by atoms with Crippen molar-refractivity contribution in [1.29, 1.82) is 0 Å². The van der Waals surface area contributed by atoms with E-state index in [-0.39, 0.29) is 0 Å². The van der Waals surface area contributed by atoms with Crippen LogP contribution in [0.1, 0.15) is 25.2 Å². The molecule has 3 nitrogen and oxygen atoms in total. The molecule has 0 bridgehead atoms. The molecule has 19 heavy (non-hydrogen) atoms. The van der Waals surface area contributed by atoms with Crippen molar-refractivity contribution in [3.63, 3.8) is 0 Å². The van der Waals surface area contributed by atoms with Crippen LogP contribution in [0.15, 0.2) is 30.9 Å². The maximum Gasteiger partial charge on any atom is 0.111 e. The highest BCUT2D eigenvalue weighted by atomic mass is 15.1. The van der Waals surface area contributed by atoms with Crippen LogP contribution in [0.4, 0.5) is 0 Å². The van der Waals surface area contributed by atoms with Crippen molar-refractivity contribution in [2.24, 2.45) is 0 Å². The first-order chi connectivity index (χ1) is 9.11. The van der Waals surface area contributed by atoms with E-state index in [1.165, 1.54) is 11.1 Å². The summed E-state index contributed by atoms with van der Waals surface area (Å²) in [7, 11) is 0. The molecule has 1 N–H and O–H groups in total. The Labute approximate surface area is 115 Å². The average Bonchev–Trinajstić information content (AvgIpc) is 2.67. The van der Waals surface area contributed by atoms with E-state index < -0.39 is 0 Å². The highest BCUT2D eigenvalue weighted by Crippen LogP contribution is 2.18. The number of allylic oxidation sites excluding steroid dienone is 1. The van der Waals surface area contributed by atoms with E-state index in [9.17, 15) is 0 Å². The van der Waals surface area contributed by atoms with E-state index in [2.05, 4.69) is 55.4 Å². The van der Waals surface area contributed by atoms with E-state index in [1.54, 1.807) is 0 Å². The lowest BCUT2D eigenvalue weighted by Crippen LogP contribution is -2.25. The summed E-state index contributed by atoms with van der Waals surface area (Å²) < 4.78 is 2.25. The molecule has 0 aliphatic heterocycles. The lowest BCUT2D eigenvalue weighted by Gasteiger charge is -2.09. The minimum atomic E-state index is 0.513. The molecule has 0 spiro atoms. The molecule has 0 saturated carbocycles. The molecule has 1 heterocycles. The van der Waals surface area contributed by atoms with Gasteiger partial charge in [-0.1, -0.05) is 26.0 Å². The average molecular weight is 257 g/mol. The predicted octanol–water partition coefficient (Wildman–Crippen LogP) is 3.07. The summed E-state index contributed by atoms with van der Waals surface area (Å²) in [5.41, 5.74) is 3.54. The molecule has 0 aliphatic rings.